The van der Waals surface area contributed by atoms with Crippen LogP contribution < -0.4 is 5.32 Å². The summed E-state index contributed by atoms with van der Waals surface area (Å²) in [6.45, 7) is 9.44. The van der Waals surface area contributed by atoms with Crippen LogP contribution in [0.3, 0.4) is 0 Å². The second-order valence-corrected chi connectivity index (χ2v) is 7.14. The van der Waals surface area contributed by atoms with Gasteiger partial charge in [-0.05, 0) is 42.9 Å². The Bertz CT molecular complexity index is 296. The smallest absolute Gasteiger partial charge is 0.171 e. The van der Waals surface area contributed by atoms with Crippen LogP contribution in [0.2, 0.25) is 0 Å². The largest absolute Gasteiger partial charge is 0.354 e. The molecule has 0 aliphatic heterocycles. The Morgan fingerprint density at radius 1 is 1.17 bits per heavy atom. The van der Waals surface area contributed by atoms with Crippen LogP contribution in [0.25, 0.3) is 0 Å². The van der Waals surface area contributed by atoms with Gasteiger partial charge < -0.3 is 14.8 Å². The molecule has 0 spiro atoms. The van der Waals surface area contributed by atoms with Crippen LogP contribution in [-0.4, -0.2) is 32.6 Å². The van der Waals surface area contributed by atoms with E-state index in [1.807, 2.05) is 0 Å². The van der Waals surface area contributed by atoms with Crippen molar-refractivity contribution in [2.24, 2.45) is 16.7 Å². The van der Waals surface area contributed by atoms with Crippen molar-refractivity contribution in [3.8, 4) is 0 Å². The highest BCUT2D eigenvalue weighted by Crippen LogP contribution is 2.62. The second kappa shape index (κ2) is 4.77. The molecule has 4 atom stereocenters. The van der Waals surface area contributed by atoms with Crippen molar-refractivity contribution in [2.45, 2.75) is 65.3 Å². The number of ether oxygens (including phenoxy) is 2. The maximum Gasteiger partial charge on any atom is 0.171 e. The van der Waals surface area contributed by atoms with Crippen molar-refractivity contribution in [3.05, 3.63) is 0 Å². The molecular formula is C15H29NO2. The lowest BCUT2D eigenvalue weighted by molar-refractivity contribution is -0.125. The maximum atomic E-state index is 5.37. The minimum atomic E-state index is -0.163. The number of hydrogen-bond donors (Lipinski definition) is 1. The molecule has 0 aromatic heterocycles. The van der Waals surface area contributed by atoms with Crippen LogP contribution in [0.4, 0.5) is 0 Å². The standard InChI is InChI=1S/C15H29NO2/c1-10(12(17-5)18-6)16-13-14(2,3)11-7-8-15(13,4)9-11/h10-13,16H,7-9H2,1-6H3. The van der Waals surface area contributed by atoms with Crippen LogP contribution in [0.5, 0.6) is 0 Å². The number of methoxy groups -OCH3 is 2. The molecule has 0 amide bonds. The fraction of sp³-hybridized carbons (Fsp3) is 1.00. The summed E-state index contributed by atoms with van der Waals surface area (Å²) in [6.07, 6.45) is 3.96. The summed E-state index contributed by atoms with van der Waals surface area (Å²) in [6, 6.07) is 0.784. The Morgan fingerprint density at radius 3 is 2.22 bits per heavy atom. The predicted octanol–water partition coefficient (Wildman–Crippen LogP) is 2.80. The first-order chi connectivity index (χ1) is 8.35. The first-order valence-corrected chi connectivity index (χ1v) is 7.17. The van der Waals surface area contributed by atoms with Crippen LogP contribution in [0, 0.1) is 16.7 Å². The highest BCUT2D eigenvalue weighted by atomic mass is 16.7. The van der Waals surface area contributed by atoms with Crippen LogP contribution >= 0.6 is 0 Å². The molecular weight excluding hydrogens is 226 g/mol. The summed E-state index contributed by atoms with van der Waals surface area (Å²) in [5, 5.41) is 3.79. The molecule has 0 saturated heterocycles. The van der Waals surface area contributed by atoms with Gasteiger partial charge >= 0.3 is 0 Å². The zero-order valence-corrected chi connectivity index (χ0v) is 12.7. The molecule has 2 rings (SSSR count). The van der Waals surface area contributed by atoms with Gasteiger partial charge in [0.15, 0.2) is 6.29 Å². The van der Waals surface area contributed by atoms with Gasteiger partial charge in [0.25, 0.3) is 0 Å². The first kappa shape index (κ1) is 14.3. The van der Waals surface area contributed by atoms with E-state index in [0.717, 1.165) is 5.92 Å². The van der Waals surface area contributed by atoms with Crippen molar-refractivity contribution in [1.82, 2.24) is 5.32 Å². The van der Waals surface area contributed by atoms with E-state index in [0.29, 0.717) is 16.9 Å². The molecule has 2 saturated carbocycles. The van der Waals surface area contributed by atoms with Gasteiger partial charge in [-0.15, -0.1) is 0 Å². The normalized spacial score (nSPS) is 39.5. The predicted molar refractivity (Wildman–Crippen MR) is 73.4 cm³/mol. The van der Waals surface area contributed by atoms with Gasteiger partial charge in [0, 0.05) is 20.3 Å². The monoisotopic (exact) mass is 255 g/mol. The van der Waals surface area contributed by atoms with E-state index in [9.17, 15) is 0 Å². The average molecular weight is 255 g/mol. The third kappa shape index (κ3) is 2.10. The van der Waals surface area contributed by atoms with Gasteiger partial charge in [0.2, 0.25) is 0 Å². The summed E-state index contributed by atoms with van der Waals surface area (Å²) in [5.41, 5.74) is 0.835. The SMILES string of the molecule is COC(OC)C(C)NC1C2(C)CCC(C2)C1(C)C. The minimum absolute atomic E-state index is 0.163. The van der Waals surface area contributed by atoms with E-state index >= 15 is 0 Å². The molecule has 3 heteroatoms. The quantitative estimate of drug-likeness (QED) is 0.766. The minimum Gasteiger partial charge on any atom is -0.354 e. The van der Waals surface area contributed by atoms with Crippen molar-refractivity contribution >= 4 is 0 Å². The molecule has 2 aliphatic rings. The molecule has 1 N–H and O–H groups in total. The molecule has 0 aromatic rings. The molecule has 0 radical (unpaired) electrons. The summed E-state index contributed by atoms with van der Waals surface area (Å²) in [5.74, 6) is 0.871. The summed E-state index contributed by atoms with van der Waals surface area (Å²) in [7, 11) is 3.42. The molecule has 106 valence electrons. The number of fused-ring (bicyclic) bond motifs is 2. The first-order valence-electron chi connectivity index (χ1n) is 7.17. The highest BCUT2D eigenvalue weighted by molar-refractivity contribution is 5.12. The molecule has 3 nitrogen and oxygen atoms in total. The van der Waals surface area contributed by atoms with E-state index in [1.165, 1.54) is 19.3 Å². The van der Waals surface area contributed by atoms with Crippen molar-refractivity contribution in [2.75, 3.05) is 14.2 Å². The van der Waals surface area contributed by atoms with E-state index in [4.69, 9.17) is 9.47 Å². The number of hydrogen-bond acceptors (Lipinski definition) is 3. The average Bonchev–Trinajstić information content (AvgIpc) is 2.77. The molecule has 2 bridgehead atoms. The summed E-state index contributed by atoms with van der Waals surface area (Å²) < 4.78 is 10.7. The van der Waals surface area contributed by atoms with Gasteiger partial charge in [-0.3, -0.25) is 0 Å². The van der Waals surface area contributed by atoms with Crippen LogP contribution in [0.15, 0.2) is 0 Å². The van der Waals surface area contributed by atoms with Gasteiger partial charge in [0.05, 0.1) is 6.04 Å². The van der Waals surface area contributed by atoms with Crippen molar-refractivity contribution in [3.63, 3.8) is 0 Å². The molecule has 0 aromatic carbocycles. The van der Waals surface area contributed by atoms with Gasteiger partial charge in [-0.25, -0.2) is 0 Å². The second-order valence-electron chi connectivity index (χ2n) is 7.14. The lowest BCUT2D eigenvalue weighted by atomic mass is 9.68. The Balaban J connectivity index is 2.09. The van der Waals surface area contributed by atoms with Crippen LogP contribution in [0.1, 0.15) is 47.0 Å². The fourth-order valence-corrected chi connectivity index (χ4v) is 4.56. The lowest BCUT2D eigenvalue weighted by Crippen LogP contribution is -2.56. The van der Waals surface area contributed by atoms with E-state index in [1.54, 1.807) is 14.2 Å². The molecule has 18 heavy (non-hydrogen) atoms. The molecule has 2 aliphatic carbocycles. The van der Waals surface area contributed by atoms with Gasteiger partial charge in [0.1, 0.15) is 0 Å². The van der Waals surface area contributed by atoms with E-state index in [-0.39, 0.29) is 12.3 Å². The van der Waals surface area contributed by atoms with Gasteiger partial charge in [-0.2, -0.15) is 0 Å². The highest BCUT2D eigenvalue weighted by Gasteiger charge is 2.59. The summed E-state index contributed by atoms with van der Waals surface area (Å²) >= 11 is 0. The maximum absolute atomic E-state index is 5.37. The third-order valence-corrected chi connectivity index (χ3v) is 5.57. The number of rotatable bonds is 5. The Kier molecular flexibility index (Phi) is 3.79. The van der Waals surface area contributed by atoms with Crippen molar-refractivity contribution < 1.29 is 9.47 Å². The van der Waals surface area contributed by atoms with Crippen LogP contribution in [-0.2, 0) is 9.47 Å². The topological polar surface area (TPSA) is 30.5 Å². The summed E-state index contributed by atoms with van der Waals surface area (Å²) in [4.78, 5) is 0. The van der Waals surface area contributed by atoms with E-state index in [2.05, 4.69) is 33.0 Å². The van der Waals surface area contributed by atoms with E-state index < -0.39 is 0 Å². The zero-order chi connectivity index (χ0) is 13.6. The number of nitrogens with one attached hydrogen (secondary N) is 1. The molecule has 2 fully saturated rings. The Labute approximate surface area is 112 Å². The zero-order valence-electron chi connectivity index (χ0n) is 12.7. The van der Waals surface area contributed by atoms with Crippen molar-refractivity contribution in [1.29, 1.82) is 0 Å². The Morgan fingerprint density at radius 2 is 1.78 bits per heavy atom. The third-order valence-electron chi connectivity index (χ3n) is 5.57. The Hall–Kier alpha value is -0.120. The fourth-order valence-electron chi connectivity index (χ4n) is 4.56. The van der Waals surface area contributed by atoms with Gasteiger partial charge in [-0.1, -0.05) is 20.8 Å². The molecule has 0 heterocycles. The molecule has 4 unspecified atom stereocenters. The lowest BCUT2D eigenvalue weighted by Gasteiger charge is -2.45.